The molecule has 0 aromatic rings. The van der Waals surface area contributed by atoms with Crippen molar-refractivity contribution >= 4 is 11.8 Å². The second-order valence-electron chi connectivity index (χ2n) is 5.22. The smallest absolute Gasteiger partial charge is 0.224 e. The van der Waals surface area contributed by atoms with Crippen molar-refractivity contribution in [3.8, 4) is 0 Å². The quantitative estimate of drug-likeness (QED) is 0.676. The summed E-state index contributed by atoms with van der Waals surface area (Å²) >= 11 is 0. The molecule has 102 valence electrons. The van der Waals surface area contributed by atoms with E-state index in [1.807, 2.05) is 0 Å². The molecule has 0 aromatic carbocycles. The van der Waals surface area contributed by atoms with Crippen LogP contribution in [0.25, 0.3) is 0 Å². The minimum Gasteiger partial charge on any atom is -0.383 e. The Bertz CT molecular complexity index is 313. The maximum Gasteiger partial charge on any atom is 0.224 e. The van der Waals surface area contributed by atoms with Crippen molar-refractivity contribution in [3.05, 3.63) is 0 Å². The summed E-state index contributed by atoms with van der Waals surface area (Å²) in [5, 5.41) is 5.83. The first-order valence-corrected chi connectivity index (χ1v) is 6.79. The van der Waals surface area contributed by atoms with Crippen LogP contribution in [-0.2, 0) is 14.3 Å². The SMILES string of the molecule is COCCNC(=O)C1CC1C(=O)NC1CCCC1. The number of hydrogen-bond donors (Lipinski definition) is 2. The van der Waals surface area contributed by atoms with E-state index in [1.165, 1.54) is 12.8 Å². The molecule has 0 bridgehead atoms. The molecule has 2 aliphatic carbocycles. The number of methoxy groups -OCH3 is 1. The van der Waals surface area contributed by atoms with Crippen molar-refractivity contribution in [3.63, 3.8) is 0 Å². The van der Waals surface area contributed by atoms with Gasteiger partial charge in [0.05, 0.1) is 18.4 Å². The van der Waals surface area contributed by atoms with Crippen LogP contribution in [0.1, 0.15) is 32.1 Å². The lowest BCUT2D eigenvalue weighted by atomic mass is 10.2. The largest absolute Gasteiger partial charge is 0.383 e. The van der Waals surface area contributed by atoms with Crippen molar-refractivity contribution in [2.75, 3.05) is 20.3 Å². The first-order chi connectivity index (χ1) is 8.72. The Balaban J connectivity index is 1.66. The highest BCUT2D eigenvalue weighted by molar-refractivity contribution is 5.92. The molecule has 0 saturated heterocycles. The van der Waals surface area contributed by atoms with Crippen molar-refractivity contribution in [2.24, 2.45) is 11.8 Å². The van der Waals surface area contributed by atoms with E-state index in [4.69, 9.17) is 4.74 Å². The fourth-order valence-electron chi connectivity index (χ4n) is 2.56. The Hall–Kier alpha value is -1.10. The van der Waals surface area contributed by atoms with Crippen molar-refractivity contribution < 1.29 is 14.3 Å². The molecule has 2 atom stereocenters. The van der Waals surface area contributed by atoms with E-state index < -0.39 is 0 Å². The summed E-state index contributed by atoms with van der Waals surface area (Å²) in [5.74, 6) is -0.177. The number of amides is 2. The highest BCUT2D eigenvalue weighted by Crippen LogP contribution is 2.39. The third-order valence-corrected chi connectivity index (χ3v) is 3.77. The van der Waals surface area contributed by atoms with Crippen molar-refractivity contribution in [1.29, 1.82) is 0 Å². The molecule has 0 spiro atoms. The van der Waals surface area contributed by atoms with Gasteiger partial charge in [0.15, 0.2) is 0 Å². The van der Waals surface area contributed by atoms with Gasteiger partial charge in [0.1, 0.15) is 0 Å². The second-order valence-corrected chi connectivity index (χ2v) is 5.22. The number of nitrogens with one attached hydrogen (secondary N) is 2. The van der Waals surface area contributed by atoms with Crippen LogP contribution in [0.4, 0.5) is 0 Å². The molecule has 5 heteroatoms. The third-order valence-electron chi connectivity index (χ3n) is 3.77. The van der Waals surface area contributed by atoms with Crippen LogP contribution in [0.3, 0.4) is 0 Å². The number of rotatable bonds is 6. The summed E-state index contributed by atoms with van der Waals surface area (Å²) in [5.41, 5.74) is 0. The van der Waals surface area contributed by atoms with Gasteiger partial charge in [-0.3, -0.25) is 9.59 Å². The fourth-order valence-corrected chi connectivity index (χ4v) is 2.56. The van der Waals surface area contributed by atoms with Crippen LogP contribution in [0.5, 0.6) is 0 Å². The van der Waals surface area contributed by atoms with E-state index in [0.717, 1.165) is 12.8 Å². The standard InChI is InChI=1S/C13H22N2O3/c1-18-7-6-14-12(16)10-8-11(10)13(17)15-9-4-2-3-5-9/h9-11H,2-8H2,1H3,(H,14,16)(H,15,17). The molecule has 2 unspecified atom stereocenters. The van der Waals surface area contributed by atoms with Gasteiger partial charge in [0.25, 0.3) is 0 Å². The van der Waals surface area contributed by atoms with Gasteiger partial charge in [-0.2, -0.15) is 0 Å². The molecular weight excluding hydrogens is 232 g/mol. The van der Waals surface area contributed by atoms with E-state index in [1.54, 1.807) is 7.11 Å². The van der Waals surface area contributed by atoms with Crippen molar-refractivity contribution in [2.45, 2.75) is 38.1 Å². The first kappa shape index (κ1) is 13.3. The van der Waals surface area contributed by atoms with E-state index >= 15 is 0 Å². The summed E-state index contributed by atoms with van der Waals surface area (Å²) in [6, 6.07) is 0.343. The molecule has 2 N–H and O–H groups in total. The number of carbonyl (C=O) groups is 2. The predicted octanol–water partition coefficient (Wildman–Crippen LogP) is 0.444. The molecule has 0 aliphatic heterocycles. The van der Waals surface area contributed by atoms with Gasteiger partial charge in [0, 0.05) is 19.7 Å². The lowest BCUT2D eigenvalue weighted by Crippen LogP contribution is -2.36. The molecule has 5 nitrogen and oxygen atoms in total. The third kappa shape index (κ3) is 3.45. The van der Waals surface area contributed by atoms with E-state index in [0.29, 0.717) is 25.6 Å². The lowest BCUT2D eigenvalue weighted by molar-refractivity contribution is -0.127. The Labute approximate surface area is 108 Å². The minimum absolute atomic E-state index is 0.0152. The number of ether oxygens (including phenoxy) is 1. The second kappa shape index (κ2) is 6.18. The molecule has 2 aliphatic rings. The van der Waals surface area contributed by atoms with Crippen LogP contribution in [0.2, 0.25) is 0 Å². The zero-order valence-corrected chi connectivity index (χ0v) is 10.9. The van der Waals surface area contributed by atoms with Crippen LogP contribution in [-0.4, -0.2) is 38.1 Å². The minimum atomic E-state index is -0.122. The molecule has 2 fully saturated rings. The Morgan fingerprint density at radius 3 is 2.50 bits per heavy atom. The normalized spacial score (nSPS) is 26.9. The van der Waals surface area contributed by atoms with Gasteiger partial charge in [0.2, 0.25) is 11.8 Å². The van der Waals surface area contributed by atoms with Gasteiger partial charge in [-0.05, 0) is 19.3 Å². The highest BCUT2D eigenvalue weighted by Gasteiger charge is 2.48. The zero-order valence-electron chi connectivity index (χ0n) is 10.9. The average Bonchev–Trinajstić information content (AvgIpc) is 3.01. The summed E-state index contributed by atoms with van der Waals surface area (Å²) in [6.07, 6.45) is 5.27. The summed E-state index contributed by atoms with van der Waals surface area (Å²) in [7, 11) is 1.60. The van der Waals surface area contributed by atoms with Crippen LogP contribution >= 0.6 is 0 Å². The van der Waals surface area contributed by atoms with Gasteiger partial charge in [-0.15, -0.1) is 0 Å². The Morgan fingerprint density at radius 1 is 1.17 bits per heavy atom. The molecular formula is C13H22N2O3. The zero-order chi connectivity index (χ0) is 13.0. The highest BCUT2D eigenvalue weighted by atomic mass is 16.5. The van der Waals surface area contributed by atoms with Gasteiger partial charge >= 0.3 is 0 Å². The topological polar surface area (TPSA) is 67.4 Å². The predicted molar refractivity (Wildman–Crippen MR) is 66.9 cm³/mol. The van der Waals surface area contributed by atoms with E-state index in [9.17, 15) is 9.59 Å². The maximum atomic E-state index is 11.9. The fraction of sp³-hybridized carbons (Fsp3) is 0.846. The van der Waals surface area contributed by atoms with Crippen LogP contribution in [0, 0.1) is 11.8 Å². The van der Waals surface area contributed by atoms with Crippen LogP contribution < -0.4 is 10.6 Å². The van der Waals surface area contributed by atoms with E-state index in [2.05, 4.69) is 10.6 Å². The summed E-state index contributed by atoms with van der Waals surface area (Å²) in [4.78, 5) is 23.6. The van der Waals surface area contributed by atoms with Gasteiger partial charge < -0.3 is 15.4 Å². The van der Waals surface area contributed by atoms with Crippen LogP contribution in [0.15, 0.2) is 0 Å². The van der Waals surface area contributed by atoms with Gasteiger partial charge in [-0.25, -0.2) is 0 Å². The molecule has 18 heavy (non-hydrogen) atoms. The maximum absolute atomic E-state index is 11.9. The van der Waals surface area contributed by atoms with Gasteiger partial charge in [-0.1, -0.05) is 12.8 Å². The Morgan fingerprint density at radius 2 is 1.83 bits per heavy atom. The summed E-state index contributed by atoms with van der Waals surface area (Å²) < 4.78 is 4.86. The molecule has 0 aromatic heterocycles. The average molecular weight is 254 g/mol. The Kier molecular flexibility index (Phi) is 4.58. The van der Waals surface area contributed by atoms with Crippen molar-refractivity contribution in [1.82, 2.24) is 10.6 Å². The molecule has 0 radical (unpaired) electrons. The molecule has 0 heterocycles. The first-order valence-electron chi connectivity index (χ1n) is 6.79. The summed E-state index contributed by atoms with van der Waals surface area (Å²) in [6.45, 7) is 1.03. The lowest BCUT2D eigenvalue weighted by Gasteiger charge is -2.11. The number of carbonyl (C=O) groups excluding carboxylic acids is 2. The van der Waals surface area contributed by atoms with E-state index in [-0.39, 0.29) is 23.7 Å². The monoisotopic (exact) mass is 254 g/mol. The number of hydrogen-bond acceptors (Lipinski definition) is 3. The molecule has 2 rings (SSSR count). The molecule has 2 saturated carbocycles. The molecule has 2 amide bonds.